The highest BCUT2D eigenvalue weighted by molar-refractivity contribution is 5.99. The van der Waals surface area contributed by atoms with E-state index < -0.39 is 5.82 Å². The first kappa shape index (κ1) is 13.8. The third-order valence-corrected chi connectivity index (χ3v) is 3.88. The molecule has 19 heavy (non-hydrogen) atoms. The maximum Gasteiger partial charge on any atom is 0.253 e. The fourth-order valence-corrected chi connectivity index (χ4v) is 2.62. The van der Waals surface area contributed by atoms with Gasteiger partial charge in [0.25, 0.3) is 5.91 Å². The van der Waals surface area contributed by atoms with E-state index >= 15 is 0 Å². The van der Waals surface area contributed by atoms with E-state index in [1.807, 2.05) is 0 Å². The minimum absolute atomic E-state index is 0.0756. The van der Waals surface area contributed by atoms with Crippen LogP contribution in [-0.2, 0) is 0 Å². The number of nitrogen functional groups attached to an aromatic ring is 1. The zero-order valence-corrected chi connectivity index (χ0v) is 10.8. The quantitative estimate of drug-likeness (QED) is 0.726. The number of hydrogen-bond acceptors (Lipinski definition) is 3. The lowest BCUT2D eigenvalue weighted by atomic mass is 9.87. The number of hydrogen-bond donors (Lipinski definition) is 3. The number of aliphatic hydroxyl groups is 1. The van der Waals surface area contributed by atoms with E-state index in [0.29, 0.717) is 6.54 Å². The summed E-state index contributed by atoms with van der Waals surface area (Å²) in [5.41, 5.74) is 5.82. The third-order valence-electron chi connectivity index (χ3n) is 3.88. The van der Waals surface area contributed by atoms with E-state index in [2.05, 4.69) is 5.32 Å². The Morgan fingerprint density at radius 1 is 1.42 bits per heavy atom. The summed E-state index contributed by atoms with van der Waals surface area (Å²) < 4.78 is 12.9. The van der Waals surface area contributed by atoms with Crippen LogP contribution in [0.1, 0.15) is 36.0 Å². The molecule has 0 bridgehead atoms. The standard InChI is InChI=1S/C14H19FN2O2/c15-10-3-4-11(12(16)7-10)13(19)17-8-14(9-18)5-1-2-6-14/h3-4,7,18H,1-2,5-6,8-9,16H2,(H,17,19). The molecule has 0 aliphatic heterocycles. The van der Waals surface area contributed by atoms with E-state index in [-0.39, 0.29) is 29.2 Å². The van der Waals surface area contributed by atoms with Crippen LogP contribution in [0.25, 0.3) is 0 Å². The Morgan fingerprint density at radius 3 is 2.68 bits per heavy atom. The normalized spacial score (nSPS) is 17.4. The average molecular weight is 266 g/mol. The molecule has 5 heteroatoms. The Kier molecular flexibility index (Phi) is 4.04. The summed E-state index contributed by atoms with van der Waals surface area (Å²) in [4.78, 5) is 12.0. The number of amides is 1. The van der Waals surface area contributed by atoms with Crippen molar-refractivity contribution in [1.82, 2.24) is 5.32 Å². The topological polar surface area (TPSA) is 75.4 Å². The number of rotatable bonds is 4. The van der Waals surface area contributed by atoms with Crippen LogP contribution < -0.4 is 11.1 Å². The van der Waals surface area contributed by atoms with Crippen molar-refractivity contribution >= 4 is 11.6 Å². The molecule has 1 amide bonds. The molecule has 0 aromatic heterocycles. The van der Waals surface area contributed by atoms with Gasteiger partial charge in [-0.1, -0.05) is 12.8 Å². The second-order valence-corrected chi connectivity index (χ2v) is 5.28. The minimum Gasteiger partial charge on any atom is -0.398 e. The van der Waals surface area contributed by atoms with Gasteiger partial charge in [-0.25, -0.2) is 4.39 Å². The van der Waals surface area contributed by atoms with Crippen LogP contribution in [0.5, 0.6) is 0 Å². The number of aliphatic hydroxyl groups excluding tert-OH is 1. The molecule has 1 aromatic carbocycles. The second kappa shape index (κ2) is 5.57. The summed E-state index contributed by atoms with van der Waals surface area (Å²) in [7, 11) is 0. The number of halogens is 1. The smallest absolute Gasteiger partial charge is 0.253 e. The highest BCUT2D eigenvalue weighted by Crippen LogP contribution is 2.36. The van der Waals surface area contributed by atoms with Gasteiger partial charge >= 0.3 is 0 Å². The Labute approximate surface area is 111 Å². The molecule has 0 spiro atoms. The summed E-state index contributed by atoms with van der Waals surface area (Å²) in [6, 6.07) is 3.72. The lowest BCUT2D eigenvalue weighted by Gasteiger charge is -2.26. The lowest BCUT2D eigenvalue weighted by Crippen LogP contribution is -2.38. The average Bonchev–Trinajstić information content (AvgIpc) is 2.85. The summed E-state index contributed by atoms with van der Waals surface area (Å²) in [6.07, 6.45) is 4.00. The SMILES string of the molecule is Nc1cc(F)ccc1C(=O)NCC1(CO)CCCC1. The van der Waals surface area contributed by atoms with Crippen LogP contribution >= 0.6 is 0 Å². The second-order valence-electron chi connectivity index (χ2n) is 5.28. The van der Waals surface area contributed by atoms with Gasteiger partial charge in [-0.2, -0.15) is 0 Å². The Morgan fingerprint density at radius 2 is 2.11 bits per heavy atom. The molecule has 4 nitrogen and oxygen atoms in total. The Balaban J connectivity index is 2.01. The molecule has 0 unspecified atom stereocenters. The van der Waals surface area contributed by atoms with Crippen molar-refractivity contribution in [3.63, 3.8) is 0 Å². The first-order chi connectivity index (χ1) is 9.06. The zero-order valence-electron chi connectivity index (χ0n) is 10.8. The molecule has 2 rings (SSSR count). The number of benzene rings is 1. The van der Waals surface area contributed by atoms with Gasteiger partial charge in [0.1, 0.15) is 5.82 Å². The van der Waals surface area contributed by atoms with Crippen LogP contribution in [0.2, 0.25) is 0 Å². The molecular weight excluding hydrogens is 247 g/mol. The number of nitrogens with one attached hydrogen (secondary N) is 1. The van der Waals surface area contributed by atoms with E-state index in [1.54, 1.807) is 0 Å². The highest BCUT2D eigenvalue weighted by Gasteiger charge is 2.33. The van der Waals surface area contributed by atoms with Crippen LogP contribution in [-0.4, -0.2) is 24.2 Å². The Bertz CT molecular complexity index is 471. The monoisotopic (exact) mass is 266 g/mol. The number of anilines is 1. The molecule has 4 N–H and O–H groups in total. The highest BCUT2D eigenvalue weighted by atomic mass is 19.1. The van der Waals surface area contributed by atoms with E-state index in [0.717, 1.165) is 31.7 Å². The van der Waals surface area contributed by atoms with Crippen molar-refractivity contribution in [1.29, 1.82) is 0 Å². The van der Waals surface area contributed by atoms with Gasteiger partial charge in [0.2, 0.25) is 0 Å². The first-order valence-corrected chi connectivity index (χ1v) is 6.50. The third kappa shape index (κ3) is 3.04. The summed E-state index contributed by atoms with van der Waals surface area (Å²) in [6.45, 7) is 0.505. The Hall–Kier alpha value is -1.62. The van der Waals surface area contributed by atoms with Gasteiger partial charge in [0.15, 0.2) is 0 Å². The zero-order chi connectivity index (χ0) is 13.9. The molecule has 1 fully saturated rings. The molecule has 1 saturated carbocycles. The summed E-state index contributed by atoms with van der Waals surface area (Å²) in [5, 5.41) is 12.3. The molecule has 1 aliphatic rings. The number of carbonyl (C=O) groups excluding carboxylic acids is 1. The molecule has 104 valence electrons. The molecular formula is C14H19FN2O2. The molecule has 1 aliphatic carbocycles. The molecule has 0 heterocycles. The fraction of sp³-hybridized carbons (Fsp3) is 0.500. The maximum atomic E-state index is 12.9. The number of carbonyl (C=O) groups is 1. The van der Waals surface area contributed by atoms with Gasteiger partial charge in [0.05, 0.1) is 12.2 Å². The molecule has 1 aromatic rings. The predicted octanol–water partition coefficient (Wildman–Crippen LogP) is 1.69. The minimum atomic E-state index is -0.461. The summed E-state index contributed by atoms with van der Waals surface area (Å²) >= 11 is 0. The van der Waals surface area contributed by atoms with Gasteiger partial charge in [-0.3, -0.25) is 4.79 Å². The van der Waals surface area contributed by atoms with Gasteiger partial charge in [-0.15, -0.1) is 0 Å². The van der Waals surface area contributed by atoms with E-state index in [4.69, 9.17) is 5.73 Å². The molecule has 0 atom stereocenters. The van der Waals surface area contributed by atoms with Crippen LogP contribution in [0, 0.1) is 11.2 Å². The van der Waals surface area contributed by atoms with Gasteiger partial charge < -0.3 is 16.2 Å². The predicted molar refractivity (Wildman–Crippen MR) is 71.1 cm³/mol. The van der Waals surface area contributed by atoms with E-state index in [1.165, 1.54) is 12.1 Å². The van der Waals surface area contributed by atoms with Crippen molar-refractivity contribution in [3.05, 3.63) is 29.6 Å². The largest absolute Gasteiger partial charge is 0.398 e. The van der Waals surface area contributed by atoms with Crippen molar-refractivity contribution in [2.75, 3.05) is 18.9 Å². The van der Waals surface area contributed by atoms with Gasteiger partial charge in [0, 0.05) is 17.6 Å². The van der Waals surface area contributed by atoms with Gasteiger partial charge in [-0.05, 0) is 31.0 Å². The van der Waals surface area contributed by atoms with Crippen molar-refractivity contribution in [3.8, 4) is 0 Å². The maximum absolute atomic E-state index is 12.9. The van der Waals surface area contributed by atoms with Crippen molar-refractivity contribution in [2.45, 2.75) is 25.7 Å². The van der Waals surface area contributed by atoms with Crippen molar-refractivity contribution < 1.29 is 14.3 Å². The molecule has 0 saturated heterocycles. The van der Waals surface area contributed by atoms with Crippen molar-refractivity contribution in [2.24, 2.45) is 5.41 Å². The van der Waals surface area contributed by atoms with Crippen LogP contribution in [0.15, 0.2) is 18.2 Å². The summed E-state index contributed by atoms with van der Waals surface area (Å²) in [5.74, 6) is -0.783. The molecule has 0 radical (unpaired) electrons. The fourth-order valence-electron chi connectivity index (χ4n) is 2.62. The lowest BCUT2D eigenvalue weighted by molar-refractivity contribution is 0.0881. The van der Waals surface area contributed by atoms with Crippen LogP contribution in [0.4, 0.5) is 10.1 Å². The first-order valence-electron chi connectivity index (χ1n) is 6.50. The van der Waals surface area contributed by atoms with E-state index in [9.17, 15) is 14.3 Å². The number of nitrogens with two attached hydrogens (primary N) is 1. The van der Waals surface area contributed by atoms with Crippen LogP contribution in [0.3, 0.4) is 0 Å².